The molecule has 1 saturated heterocycles. The van der Waals surface area contributed by atoms with Gasteiger partial charge in [-0.1, -0.05) is 19.9 Å². The van der Waals surface area contributed by atoms with Crippen molar-refractivity contribution in [2.45, 2.75) is 26.4 Å². The number of β-amino-alcohol motifs (C(OH)–C–C–N with tert-alkyl or cyclic N) is 1. The highest BCUT2D eigenvalue weighted by Crippen LogP contribution is 2.18. The van der Waals surface area contributed by atoms with Crippen LogP contribution in [0.2, 0.25) is 0 Å². The molecule has 1 fully saturated rings. The second-order valence-corrected chi connectivity index (χ2v) is 6.51. The molecule has 1 unspecified atom stereocenters. The normalized spacial score (nSPS) is 18.8. The van der Waals surface area contributed by atoms with E-state index in [1.165, 1.54) is 12.5 Å². The largest absolute Gasteiger partial charge is 0.387 e. The molecule has 5 heteroatoms. The standard InChI is InChI=1S/C17H26F2N2O/c1-13(2)5-6-20-7-9-21(10-8-20)12-17(22)14-3-4-15(18)16(19)11-14/h3-4,11,13,17,22H,5-10,12H2,1-2H3. The number of rotatable bonds is 6. The molecule has 1 aromatic carbocycles. The molecule has 22 heavy (non-hydrogen) atoms. The van der Waals surface area contributed by atoms with Gasteiger partial charge < -0.3 is 10.0 Å². The van der Waals surface area contributed by atoms with Crippen molar-refractivity contribution in [3.8, 4) is 0 Å². The summed E-state index contributed by atoms with van der Waals surface area (Å²) in [7, 11) is 0. The Morgan fingerprint density at radius 3 is 2.27 bits per heavy atom. The quantitative estimate of drug-likeness (QED) is 0.875. The number of piperazine rings is 1. The fourth-order valence-corrected chi connectivity index (χ4v) is 2.71. The molecule has 1 N–H and O–H groups in total. The molecular formula is C17H26F2N2O. The summed E-state index contributed by atoms with van der Waals surface area (Å²) in [6.45, 7) is 9.84. The minimum Gasteiger partial charge on any atom is -0.387 e. The first-order valence-corrected chi connectivity index (χ1v) is 8.03. The van der Waals surface area contributed by atoms with Crippen molar-refractivity contribution in [1.29, 1.82) is 0 Å². The maximum absolute atomic E-state index is 13.2. The molecule has 1 aliphatic rings. The fraction of sp³-hybridized carbons (Fsp3) is 0.647. The van der Waals surface area contributed by atoms with E-state index in [2.05, 4.69) is 23.6 Å². The molecule has 0 amide bonds. The third-order valence-corrected chi connectivity index (χ3v) is 4.25. The minimum absolute atomic E-state index is 0.432. The number of halogens is 2. The molecule has 2 rings (SSSR count). The molecule has 3 nitrogen and oxygen atoms in total. The second-order valence-electron chi connectivity index (χ2n) is 6.51. The molecule has 0 spiro atoms. The van der Waals surface area contributed by atoms with Crippen LogP contribution in [-0.4, -0.2) is 54.2 Å². The van der Waals surface area contributed by atoms with E-state index >= 15 is 0 Å². The monoisotopic (exact) mass is 312 g/mol. The lowest BCUT2D eigenvalue weighted by Crippen LogP contribution is -2.47. The van der Waals surface area contributed by atoms with Crippen molar-refractivity contribution in [2.75, 3.05) is 39.3 Å². The van der Waals surface area contributed by atoms with Crippen molar-refractivity contribution < 1.29 is 13.9 Å². The highest BCUT2D eigenvalue weighted by molar-refractivity contribution is 5.20. The van der Waals surface area contributed by atoms with Crippen molar-refractivity contribution in [3.05, 3.63) is 35.4 Å². The maximum Gasteiger partial charge on any atom is 0.159 e. The van der Waals surface area contributed by atoms with Crippen LogP contribution in [0.5, 0.6) is 0 Å². The predicted octanol–water partition coefficient (Wildman–Crippen LogP) is 2.66. The van der Waals surface area contributed by atoms with Gasteiger partial charge in [0, 0.05) is 32.7 Å². The number of nitrogens with zero attached hydrogens (tertiary/aromatic N) is 2. The van der Waals surface area contributed by atoms with Crippen LogP contribution in [0.4, 0.5) is 8.78 Å². The highest BCUT2D eigenvalue weighted by atomic mass is 19.2. The molecule has 0 saturated carbocycles. The van der Waals surface area contributed by atoms with Gasteiger partial charge in [0.15, 0.2) is 11.6 Å². The van der Waals surface area contributed by atoms with E-state index in [0.717, 1.165) is 44.9 Å². The summed E-state index contributed by atoms with van der Waals surface area (Å²) in [6, 6.07) is 3.60. The molecule has 1 atom stereocenters. The van der Waals surface area contributed by atoms with Gasteiger partial charge >= 0.3 is 0 Å². The van der Waals surface area contributed by atoms with Gasteiger partial charge in [-0.15, -0.1) is 0 Å². The molecule has 1 aliphatic heterocycles. The summed E-state index contributed by atoms with van der Waals surface area (Å²) in [5, 5.41) is 10.2. The third kappa shape index (κ3) is 5.00. The minimum atomic E-state index is -0.907. The zero-order valence-corrected chi connectivity index (χ0v) is 13.4. The summed E-state index contributed by atoms with van der Waals surface area (Å²) < 4.78 is 26.1. The summed E-state index contributed by atoms with van der Waals surface area (Å²) >= 11 is 0. The maximum atomic E-state index is 13.2. The fourth-order valence-electron chi connectivity index (χ4n) is 2.71. The van der Waals surface area contributed by atoms with E-state index in [-0.39, 0.29) is 0 Å². The Kier molecular flexibility index (Phi) is 6.29. The summed E-state index contributed by atoms with van der Waals surface area (Å²) in [4.78, 5) is 4.62. The van der Waals surface area contributed by atoms with E-state index in [1.54, 1.807) is 0 Å². The van der Waals surface area contributed by atoms with Crippen molar-refractivity contribution in [1.82, 2.24) is 9.80 Å². The van der Waals surface area contributed by atoms with Gasteiger partial charge in [0.05, 0.1) is 6.10 Å². The number of hydrogen-bond donors (Lipinski definition) is 1. The van der Waals surface area contributed by atoms with Crippen LogP contribution < -0.4 is 0 Å². The van der Waals surface area contributed by atoms with E-state index < -0.39 is 17.7 Å². The van der Waals surface area contributed by atoms with Crippen molar-refractivity contribution in [3.63, 3.8) is 0 Å². The average Bonchev–Trinajstić information content (AvgIpc) is 2.49. The van der Waals surface area contributed by atoms with Gasteiger partial charge in [0.2, 0.25) is 0 Å². The summed E-state index contributed by atoms with van der Waals surface area (Å²) in [5.74, 6) is -1.07. The van der Waals surface area contributed by atoms with E-state index in [1.807, 2.05) is 0 Å². The topological polar surface area (TPSA) is 26.7 Å². The van der Waals surface area contributed by atoms with Crippen LogP contribution in [0.1, 0.15) is 31.9 Å². The first kappa shape index (κ1) is 17.3. The molecule has 0 aliphatic carbocycles. The van der Waals surface area contributed by atoms with Crippen LogP contribution in [0.15, 0.2) is 18.2 Å². The molecule has 0 aromatic heterocycles. The lowest BCUT2D eigenvalue weighted by atomic mass is 10.1. The molecule has 1 heterocycles. The van der Waals surface area contributed by atoms with Gasteiger partial charge in [0.1, 0.15) is 0 Å². The number of aliphatic hydroxyl groups excluding tert-OH is 1. The predicted molar refractivity (Wildman–Crippen MR) is 83.7 cm³/mol. The van der Waals surface area contributed by atoms with Crippen LogP contribution in [0, 0.1) is 17.6 Å². The van der Waals surface area contributed by atoms with Crippen molar-refractivity contribution >= 4 is 0 Å². The smallest absolute Gasteiger partial charge is 0.159 e. The van der Waals surface area contributed by atoms with E-state index in [0.29, 0.717) is 18.0 Å². The lowest BCUT2D eigenvalue weighted by Gasteiger charge is -2.36. The first-order chi connectivity index (χ1) is 10.5. The Balaban J connectivity index is 1.79. The molecule has 124 valence electrons. The zero-order chi connectivity index (χ0) is 16.1. The molecule has 1 aromatic rings. The first-order valence-electron chi connectivity index (χ1n) is 8.03. The third-order valence-electron chi connectivity index (χ3n) is 4.25. The van der Waals surface area contributed by atoms with Crippen molar-refractivity contribution in [2.24, 2.45) is 5.92 Å². The lowest BCUT2D eigenvalue weighted by molar-refractivity contribution is 0.0709. The SMILES string of the molecule is CC(C)CCN1CCN(CC(O)c2ccc(F)c(F)c2)CC1. The Hall–Kier alpha value is -1.04. The van der Waals surface area contributed by atoms with Gasteiger partial charge in [-0.25, -0.2) is 8.78 Å². The summed E-state index contributed by atoms with van der Waals surface area (Å²) in [6.07, 6.45) is 0.426. The molecule has 0 bridgehead atoms. The van der Waals surface area contributed by atoms with Crippen LogP contribution in [0.3, 0.4) is 0 Å². The second kappa shape index (κ2) is 7.99. The van der Waals surface area contributed by atoms with Crippen LogP contribution in [-0.2, 0) is 0 Å². The number of aliphatic hydroxyl groups is 1. The van der Waals surface area contributed by atoms with Gasteiger partial charge in [-0.3, -0.25) is 4.90 Å². The molecular weight excluding hydrogens is 286 g/mol. The molecule has 0 radical (unpaired) electrons. The number of benzene rings is 1. The number of hydrogen-bond acceptors (Lipinski definition) is 3. The highest BCUT2D eigenvalue weighted by Gasteiger charge is 2.20. The Morgan fingerprint density at radius 1 is 1.05 bits per heavy atom. The Labute approximate surface area is 131 Å². The Morgan fingerprint density at radius 2 is 1.68 bits per heavy atom. The van der Waals surface area contributed by atoms with Crippen LogP contribution in [0.25, 0.3) is 0 Å². The van der Waals surface area contributed by atoms with E-state index in [9.17, 15) is 13.9 Å². The zero-order valence-electron chi connectivity index (χ0n) is 13.4. The van der Waals surface area contributed by atoms with Gasteiger partial charge in [0.25, 0.3) is 0 Å². The summed E-state index contributed by atoms with van der Waals surface area (Å²) in [5.41, 5.74) is 0.432. The van der Waals surface area contributed by atoms with Gasteiger partial charge in [-0.2, -0.15) is 0 Å². The Bertz CT molecular complexity index is 474. The van der Waals surface area contributed by atoms with Crippen LogP contribution >= 0.6 is 0 Å². The van der Waals surface area contributed by atoms with Gasteiger partial charge in [-0.05, 0) is 36.6 Å². The average molecular weight is 312 g/mol. The van der Waals surface area contributed by atoms with E-state index in [4.69, 9.17) is 0 Å².